The fraction of sp³-hybridized carbons (Fsp3) is 0.250. The molecule has 0 radical (unpaired) electrons. The second-order valence-electron chi connectivity index (χ2n) is 5.03. The number of halogens is 1. The van der Waals surface area contributed by atoms with E-state index in [1.54, 1.807) is 6.07 Å². The normalized spacial score (nSPS) is 15.4. The number of fused-ring (bicyclic) bond motifs is 1. The summed E-state index contributed by atoms with van der Waals surface area (Å²) >= 11 is 0. The van der Waals surface area contributed by atoms with Crippen LogP contribution in [0.15, 0.2) is 42.5 Å². The zero-order chi connectivity index (χ0) is 13.4. The SMILES string of the molecule is C[C@@H](N)c1ccc2c(c1)CCN2c1ccccc1F. The van der Waals surface area contributed by atoms with Crippen molar-refractivity contribution in [3.8, 4) is 0 Å². The van der Waals surface area contributed by atoms with Crippen LogP contribution >= 0.6 is 0 Å². The summed E-state index contributed by atoms with van der Waals surface area (Å²) in [4.78, 5) is 2.04. The Morgan fingerprint density at radius 3 is 2.68 bits per heavy atom. The molecule has 0 aromatic heterocycles. The molecule has 3 heteroatoms. The van der Waals surface area contributed by atoms with Crippen LogP contribution in [-0.2, 0) is 6.42 Å². The van der Waals surface area contributed by atoms with E-state index in [-0.39, 0.29) is 11.9 Å². The van der Waals surface area contributed by atoms with Crippen LogP contribution in [0, 0.1) is 5.82 Å². The Morgan fingerprint density at radius 2 is 1.95 bits per heavy atom. The van der Waals surface area contributed by atoms with Crippen molar-refractivity contribution in [3.63, 3.8) is 0 Å². The Balaban J connectivity index is 2.01. The van der Waals surface area contributed by atoms with Gasteiger partial charge in [-0.25, -0.2) is 4.39 Å². The number of para-hydroxylation sites is 1. The van der Waals surface area contributed by atoms with Gasteiger partial charge in [0, 0.05) is 18.3 Å². The molecule has 3 rings (SSSR count). The van der Waals surface area contributed by atoms with Crippen LogP contribution in [0.4, 0.5) is 15.8 Å². The molecule has 98 valence electrons. The van der Waals surface area contributed by atoms with E-state index >= 15 is 0 Å². The van der Waals surface area contributed by atoms with Gasteiger partial charge in [-0.1, -0.05) is 24.3 Å². The van der Waals surface area contributed by atoms with Crippen LogP contribution in [0.3, 0.4) is 0 Å². The molecule has 2 nitrogen and oxygen atoms in total. The highest BCUT2D eigenvalue weighted by Crippen LogP contribution is 2.36. The van der Waals surface area contributed by atoms with Crippen molar-refractivity contribution >= 4 is 11.4 Å². The summed E-state index contributed by atoms with van der Waals surface area (Å²) in [7, 11) is 0. The molecule has 0 fully saturated rings. The minimum absolute atomic E-state index is 0.0350. The standard InChI is InChI=1S/C16H17FN2/c1-11(18)12-6-7-15-13(10-12)8-9-19(15)16-5-3-2-4-14(16)17/h2-7,10-11H,8-9,18H2,1H3/t11-/m1/s1. The number of benzene rings is 2. The molecule has 2 aromatic carbocycles. The van der Waals surface area contributed by atoms with E-state index in [2.05, 4.69) is 6.07 Å². The molecule has 19 heavy (non-hydrogen) atoms. The number of hydrogen-bond donors (Lipinski definition) is 1. The molecule has 1 aliphatic heterocycles. The summed E-state index contributed by atoms with van der Waals surface area (Å²) in [5, 5.41) is 0. The van der Waals surface area contributed by atoms with Gasteiger partial charge in [-0.3, -0.25) is 0 Å². The van der Waals surface area contributed by atoms with Gasteiger partial charge in [0.25, 0.3) is 0 Å². The lowest BCUT2D eigenvalue weighted by Crippen LogP contribution is -2.14. The Kier molecular flexibility index (Phi) is 2.99. The predicted octanol–water partition coefficient (Wildman–Crippen LogP) is 3.54. The van der Waals surface area contributed by atoms with Gasteiger partial charge in [0.05, 0.1) is 5.69 Å². The first-order valence-electron chi connectivity index (χ1n) is 6.57. The van der Waals surface area contributed by atoms with Crippen LogP contribution in [0.5, 0.6) is 0 Å². The zero-order valence-corrected chi connectivity index (χ0v) is 10.9. The summed E-state index contributed by atoms with van der Waals surface area (Å²) in [6, 6.07) is 13.2. The first-order chi connectivity index (χ1) is 9.16. The monoisotopic (exact) mass is 256 g/mol. The summed E-state index contributed by atoms with van der Waals surface area (Å²) in [5.74, 6) is -0.174. The molecule has 0 unspecified atom stereocenters. The van der Waals surface area contributed by atoms with E-state index in [4.69, 9.17) is 5.73 Å². The second-order valence-corrected chi connectivity index (χ2v) is 5.03. The third-order valence-electron chi connectivity index (χ3n) is 3.67. The average molecular weight is 256 g/mol. The van der Waals surface area contributed by atoms with Crippen molar-refractivity contribution < 1.29 is 4.39 Å². The maximum atomic E-state index is 13.9. The molecule has 0 spiro atoms. The van der Waals surface area contributed by atoms with Gasteiger partial charge < -0.3 is 10.6 Å². The molecule has 2 aromatic rings. The maximum absolute atomic E-state index is 13.9. The van der Waals surface area contributed by atoms with E-state index in [1.165, 1.54) is 11.6 Å². The Morgan fingerprint density at radius 1 is 1.16 bits per heavy atom. The molecule has 0 saturated carbocycles. The van der Waals surface area contributed by atoms with Gasteiger partial charge in [0.2, 0.25) is 0 Å². The van der Waals surface area contributed by atoms with Gasteiger partial charge in [-0.2, -0.15) is 0 Å². The number of hydrogen-bond acceptors (Lipinski definition) is 2. The average Bonchev–Trinajstić information content (AvgIpc) is 2.82. The van der Waals surface area contributed by atoms with Crippen molar-refractivity contribution in [2.75, 3.05) is 11.4 Å². The van der Waals surface area contributed by atoms with Gasteiger partial charge in [-0.15, -0.1) is 0 Å². The smallest absolute Gasteiger partial charge is 0.146 e. The quantitative estimate of drug-likeness (QED) is 0.890. The van der Waals surface area contributed by atoms with Crippen molar-refractivity contribution in [1.29, 1.82) is 0 Å². The molecule has 0 saturated heterocycles. The zero-order valence-electron chi connectivity index (χ0n) is 10.9. The molecular weight excluding hydrogens is 239 g/mol. The van der Waals surface area contributed by atoms with Crippen LogP contribution in [-0.4, -0.2) is 6.54 Å². The summed E-state index contributed by atoms with van der Waals surface area (Å²) < 4.78 is 13.9. The Labute approximate surface area is 112 Å². The van der Waals surface area contributed by atoms with Crippen molar-refractivity contribution in [3.05, 3.63) is 59.4 Å². The number of rotatable bonds is 2. The third-order valence-corrected chi connectivity index (χ3v) is 3.67. The molecule has 2 N–H and O–H groups in total. The Bertz CT molecular complexity index is 607. The van der Waals surface area contributed by atoms with E-state index in [0.29, 0.717) is 5.69 Å². The summed E-state index contributed by atoms with van der Waals surface area (Å²) in [6.07, 6.45) is 0.935. The lowest BCUT2D eigenvalue weighted by atomic mass is 10.0. The van der Waals surface area contributed by atoms with Crippen molar-refractivity contribution in [1.82, 2.24) is 0 Å². The fourth-order valence-electron chi connectivity index (χ4n) is 2.63. The van der Waals surface area contributed by atoms with Crippen molar-refractivity contribution in [2.24, 2.45) is 5.73 Å². The summed E-state index contributed by atoms with van der Waals surface area (Å²) in [6.45, 7) is 2.80. The highest BCUT2D eigenvalue weighted by Gasteiger charge is 2.22. The van der Waals surface area contributed by atoms with Gasteiger partial charge in [0.1, 0.15) is 5.82 Å². The molecule has 0 amide bonds. The largest absolute Gasteiger partial charge is 0.339 e. The number of nitrogens with two attached hydrogens (primary N) is 1. The Hall–Kier alpha value is -1.87. The minimum atomic E-state index is -0.174. The van der Waals surface area contributed by atoms with Crippen LogP contribution in [0.2, 0.25) is 0 Å². The van der Waals surface area contributed by atoms with Crippen LogP contribution in [0.25, 0.3) is 0 Å². The third kappa shape index (κ3) is 2.10. The topological polar surface area (TPSA) is 29.3 Å². The molecule has 1 atom stereocenters. The highest BCUT2D eigenvalue weighted by molar-refractivity contribution is 5.70. The number of nitrogens with zero attached hydrogens (tertiary/aromatic N) is 1. The number of anilines is 2. The molecular formula is C16H17FN2. The predicted molar refractivity (Wildman–Crippen MR) is 76.2 cm³/mol. The maximum Gasteiger partial charge on any atom is 0.146 e. The molecule has 0 aliphatic carbocycles. The fourth-order valence-corrected chi connectivity index (χ4v) is 2.63. The highest BCUT2D eigenvalue weighted by atomic mass is 19.1. The van der Waals surface area contributed by atoms with Gasteiger partial charge >= 0.3 is 0 Å². The summed E-state index contributed by atoms with van der Waals surface area (Å²) in [5.41, 5.74) is 10.0. The first-order valence-corrected chi connectivity index (χ1v) is 6.57. The van der Waals surface area contributed by atoms with Crippen LogP contribution in [0.1, 0.15) is 24.1 Å². The molecule has 0 bridgehead atoms. The lowest BCUT2D eigenvalue weighted by molar-refractivity contribution is 0.626. The van der Waals surface area contributed by atoms with E-state index in [1.807, 2.05) is 36.1 Å². The van der Waals surface area contributed by atoms with Gasteiger partial charge in [0.15, 0.2) is 0 Å². The molecule has 1 heterocycles. The first kappa shape index (κ1) is 12.2. The molecule has 1 aliphatic rings. The van der Waals surface area contributed by atoms with Gasteiger partial charge in [-0.05, 0) is 42.7 Å². The lowest BCUT2D eigenvalue weighted by Gasteiger charge is -2.20. The van der Waals surface area contributed by atoms with Crippen LogP contribution < -0.4 is 10.6 Å². The van der Waals surface area contributed by atoms with E-state index in [0.717, 1.165) is 24.2 Å². The second kappa shape index (κ2) is 4.67. The van der Waals surface area contributed by atoms with Crippen molar-refractivity contribution in [2.45, 2.75) is 19.4 Å². The van der Waals surface area contributed by atoms with E-state index < -0.39 is 0 Å². The minimum Gasteiger partial charge on any atom is -0.339 e. The van der Waals surface area contributed by atoms with E-state index in [9.17, 15) is 4.39 Å².